The van der Waals surface area contributed by atoms with Gasteiger partial charge in [0.15, 0.2) is 0 Å². The van der Waals surface area contributed by atoms with Crippen LogP contribution >= 0.6 is 27.5 Å². The Bertz CT molecular complexity index is 540. The average molecular weight is 314 g/mol. The summed E-state index contributed by atoms with van der Waals surface area (Å²) in [5.41, 5.74) is 1.00. The molecule has 0 aliphatic rings. The summed E-state index contributed by atoms with van der Waals surface area (Å²) < 4.78 is 6.38. The Balaban J connectivity index is 2.34. The molecule has 0 bridgehead atoms. The van der Waals surface area contributed by atoms with Crippen LogP contribution in [-0.4, -0.2) is 9.97 Å². The fraction of sp³-hybridized carbons (Fsp3) is 0.167. The highest BCUT2D eigenvalue weighted by molar-refractivity contribution is 9.10. The van der Waals surface area contributed by atoms with Gasteiger partial charge in [-0.15, -0.1) is 0 Å². The van der Waals surface area contributed by atoms with E-state index in [0.717, 1.165) is 5.56 Å². The second kappa shape index (κ2) is 5.02. The molecule has 0 unspecified atom stereocenters. The average Bonchev–Trinajstić information content (AvgIpc) is 2.22. The molecule has 88 valence electrons. The first-order valence-electron chi connectivity index (χ1n) is 5.00. The minimum absolute atomic E-state index is 0.495. The van der Waals surface area contributed by atoms with Crippen molar-refractivity contribution in [2.75, 3.05) is 0 Å². The molecule has 0 spiro atoms. The topological polar surface area (TPSA) is 35.0 Å². The van der Waals surface area contributed by atoms with Crippen molar-refractivity contribution in [3.8, 4) is 11.6 Å². The number of aryl methyl sites for hydroxylation is 2. The molecule has 0 atom stereocenters. The van der Waals surface area contributed by atoms with Crippen LogP contribution in [-0.2, 0) is 0 Å². The van der Waals surface area contributed by atoms with Crippen LogP contribution in [0.4, 0.5) is 0 Å². The van der Waals surface area contributed by atoms with E-state index in [0.29, 0.717) is 27.1 Å². The standard InChI is InChI=1S/C12H10BrClN2O/c1-7-3-4-9(14)5-10(7)17-12-6-11(13)15-8(2)16-12/h3-6H,1-2H3. The SMILES string of the molecule is Cc1nc(Br)cc(Oc2cc(Cl)ccc2C)n1. The van der Waals surface area contributed by atoms with Crippen molar-refractivity contribution in [3.05, 3.63) is 45.3 Å². The quantitative estimate of drug-likeness (QED) is 0.775. The van der Waals surface area contributed by atoms with E-state index in [9.17, 15) is 0 Å². The summed E-state index contributed by atoms with van der Waals surface area (Å²) in [4.78, 5) is 8.31. The van der Waals surface area contributed by atoms with Crippen molar-refractivity contribution in [1.82, 2.24) is 9.97 Å². The molecule has 2 aromatic rings. The molecular weight excluding hydrogens is 304 g/mol. The van der Waals surface area contributed by atoms with Crippen LogP contribution in [0.25, 0.3) is 0 Å². The van der Waals surface area contributed by atoms with Crippen molar-refractivity contribution in [2.45, 2.75) is 13.8 Å². The Morgan fingerprint density at radius 1 is 1.18 bits per heavy atom. The molecule has 0 fully saturated rings. The third kappa shape index (κ3) is 3.17. The Morgan fingerprint density at radius 2 is 1.94 bits per heavy atom. The number of nitrogens with zero attached hydrogens (tertiary/aromatic N) is 2. The van der Waals surface area contributed by atoms with E-state index in [4.69, 9.17) is 16.3 Å². The molecule has 1 aromatic heterocycles. The molecule has 0 aliphatic heterocycles. The van der Waals surface area contributed by atoms with Crippen molar-refractivity contribution in [2.24, 2.45) is 0 Å². The first-order chi connectivity index (χ1) is 8.04. The lowest BCUT2D eigenvalue weighted by Crippen LogP contribution is -1.94. The van der Waals surface area contributed by atoms with Gasteiger partial charge in [-0.1, -0.05) is 17.7 Å². The maximum Gasteiger partial charge on any atom is 0.223 e. The Hall–Kier alpha value is -1.13. The third-order valence-electron chi connectivity index (χ3n) is 2.15. The van der Waals surface area contributed by atoms with Gasteiger partial charge in [0, 0.05) is 11.1 Å². The summed E-state index contributed by atoms with van der Waals surface area (Å²) in [6.07, 6.45) is 0. The molecule has 17 heavy (non-hydrogen) atoms. The lowest BCUT2D eigenvalue weighted by atomic mass is 10.2. The first-order valence-corrected chi connectivity index (χ1v) is 6.17. The van der Waals surface area contributed by atoms with E-state index in [1.54, 1.807) is 12.1 Å². The number of halogens is 2. The number of hydrogen-bond donors (Lipinski definition) is 0. The van der Waals surface area contributed by atoms with Gasteiger partial charge in [-0.25, -0.2) is 4.98 Å². The molecular formula is C12H10BrClN2O. The lowest BCUT2D eigenvalue weighted by Gasteiger charge is -2.08. The highest BCUT2D eigenvalue weighted by Gasteiger charge is 2.05. The van der Waals surface area contributed by atoms with Crippen LogP contribution in [0.1, 0.15) is 11.4 Å². The van der Waals surface area contributed by atoms with Crippen LogP contribution in [0.2, 0.25) is 5.02 Å². The summed E-state index contributed by atoms with van der Waals surface area (Å²) in [5, 5.41) is 0.635. The first kappa shape index (κ1) is 12.3. The van der Waals surface area contributed by atoms with Crippen LogP contribution in [0.5, 0.6) is 11.6 Å². The molecule has 1 heterocycles. The van der Waals surface area contributed by atoms with E-state index in [1.165, 1.54) is 0 Å². The smallest absolute Gasteiger partial charge is 0.223 e. The normalized spacial score (nSPS) is 10.4. The van der Waals surface area contributed by atoms with E-state index in [-0.39, 0.29) is 0 Å². The molecule has 0 N–H and O–H groups in total. The molecule has 0 aliphatic carbocycles. The number of ether oxygens (including phenoxy) is 1. The van der Waals surface area contributed by atoms with E-state index in [2.05, 4.69) is 25.9 Å². The van der Waals surface area contributed by atoms with Gasteiger partial charge in [0.1, 0.15) is 16.2 Å². The van der Waals surface area contributed by atoms with Gasteiger partial charge in [0.2, 0.25) is 5.88 Å². The number of hydrogen-bond acceptors (Lipinski definition) is 3. The summed E-state index contributed by atoms with van der Waals surface area (Å²) in [7, 11) is 0. The molecule has 1 aromatic carbocycles. The molecule has 0 saturated heterocycles. The van der Waals surface area contributed by atoms with Crippen molar-refractivity contribution < 1.29 is 4.74 Å². The Labute approximate surface area is 113 Å². The maximum absolute atomic E-state index is 5.92. The largest absolute Gasteiger partial charge is 0.439 e. The van der Waals surface area contributed by atoms with Gasteiger partial charge in [-0.3, -0.25) is 0 Å². The lowest BCUT2D eigenvalue weighted by molar-refractivity contribution is 0.456. The second-order valence-electron chi connectivity index (χ2n) is 3.59. The van der Waals surface area contributed by atoms with Crippen LogP contribution in [0.3, 0.4) is 0 Å². The molecule has 3 nitrogen and oxygen atoms in total. The van der Waals surface area contributed by atoms with E-state index in [1.807, 2.05) is 26.0 Å². The fourth-order valence-electron chi connectivity index (χ4n) is 1.35. The molecule has 0 saturated carbocycles. The minimum atomic E-state index is 0.495. The van der Waals surface area contributed by atoms with Gasteiger partial charge < -0.3 is 4.74 Å². The van der Waals surface area contributed by atoms with Gasteiger partial charge >= 0.3 is 0 Å². The summed E-state index contributed by atoms with van der Waals surface area (Å²) >= 11 is 9.23. The minimum Gasteiger partial charge on any atom is -0.439 e. The van der Waals surface area contributed by atoms with Crippen molar-refractivity contribution in [1.29, 1.82) is 0 Å². The van der Waals surface area contributed by atoms with Gasteiger partial charge in [-0.2, -0.15) is 4.98 Å². The molecule has 2 rings (SSSR count). The summed E-state index contributed by atoms with van der Waals surface area (Å²) in [6.45, 7) is 3.76. The van der Waals surface area contributed by atoms with Crippen molar-refractivity contribution >= 4 is 27.5 Å². The van der Waals surface area contributed by atoms with Crippen molar-refractivity contribution in [3.63, 3.8) is 0 Å². The Morgan fingerprint density at radius 3 is 2.65 bits per heavy atom. The zero-order valence-corrected chi connectivity index (χ0v) is 11.7. The maximum atomic E-state index is 5.92. The zero-order valence-electron chi connectivity index (χ0n) is 9.37. The van der Waals surface area contributed by atoms with E-state index >= 15 is 0 Å². The fourth-order valence-corrected chi connectivity index (χ4v) is 1.97. The highest BCUT2D eigenvalue weighted by Crippen LogP contribution is 2.27. The molecule has 0 radical (unpaired) electrons. The van der Waals surface area contributed by atoms with Gasteiger partial charge in [0.25, 0.3) is 0 Å². The van der Waals surface area contributed by atoms with E-state index < -0.39 is 0 Å². The predicted molar refractivity (Wildman–Crippen MR) is 70.7 cm³/mol. The monoisotopic (exact) mass is 312 g/mol. The Kier molecular flexibility index (Phi) is 3.64. The van der Waals surface area contributed by atoms with Crippen LogP contribution in [0.15, 0.2) is 28.9 Å². The number of rotatable bonds is 2. The summed E-state index contributed by atoms with van der Waals surface area (Å²) in [6, 6.07) is 7.21. The third-order valence-corrected chi connectivity index (χ3v) is 2.79. The van der Waals surface area contributed by atoms with Crippen LogP contribution in [0, 0.1) is 13.8 Å². The zero-order chi connectivity index (χ0) is 12.4. The molecule has 0 amide bonds. The van der Waals surface area contributed by atoms with Gasteiger partial charge in [-0.05, 0) is 47.5 Å². The predicted octanol–water partition coefficient (Wildman–Crippen LogP) is 4.30. The highest BCUT2D eigenvalue weighted by atomic mass is 79.9. The van der Waals surface area contributed by atoms with Gasteiger partial charge in [0.05, 0.1) is 0 Å². The number of benzene rings is 1. The second-order valence-corrected chi connectivity index (χ2v) is 4.84. The summed E-state index contributed by atoms with van der Waals surface area (Å²) in [5.74, 6) is 1.84. The molecule has 5 heteroatoms. The number of aromatic nitrogens is 2. The van der Waals surface area contributed by atoms with Crippen LogP contribution < -0.4 is 4.74 Å².